The van der Waals surface area contributed by atoms with Crippen LogP contribution in [0.4, 0.5) is 0 Å². The highest BCUT2D eigenvalue weighted by molar-refractivity contribution is 5.27. The van der Waals surface area contributed by atoms with Gasteiger partial charge in [0.25, 0.3) is 0 Å². The molecule has 0 amide bonds. The van der Waals surface area contributed by atoms with Crippen molar-refractivity contribution in [3.05, 3.63) is 17.0 Å². The molecule has 1 aromatic rings. The van der Waals surface area contributed by atoms with Crippen LogP contribution in [0.5, 0.6) is 0 Å². The molecule has 0 radical (unpaired) electrons. The van der Waals surface area contributed by atoms with Crippen LogP contribution in [0.15, 0.2) is 4.52 Å². The third kappa shape index (κ3) is 1.48. The lowest BCUT2D eigenvalue weighted by Gasteiger charge is -2.21. The zero-order valence-electron chi connectivity index (χ0n) is 8.50. The Morgan fingerprint density at radius 1 is 1.46 bits per heavy atom. The lowest BCUT2D eigenvalue weighted by atomic mass is 10.0. The van der Waals surface area contributed by atoms with Crippen molar-refractivity contribution in [1.82, 2.24) is 10.1 Å². The van der Waals surface area contributed by atoms with Gasteiger partial charge in [0.2, 0.25) is 0 Å². The number of nitrogens with zero attached hydrogens (tertiary/aromatic N) is 2. The molecule has 2 rings (SSSR count). The Balaban J connectivity index is 2.35. The van der Waals surface area contributed by atoms with Crippen molar-refractivity contribution < 1.29 is 4.52 Å². The first kappa shape index (κ1) is 8.75. The number of fused-ring (bicyclic) bond motifs is 1. The van der Waals surface area contributed by atoms with Crippen molar-refractivity contribution in [2.75, 3.05) is 13.6 Å². The summed E-state index contributed by atoms with van der Waals surface area (Å²) in [6.45, 7) is 6.38. The Morgan fingerprint density at radius 2 is 2.23 bits per heavy atom. The summed E-state index contributed by atoms with van der Waals surface area (Å²) in [5.41, 5.74) is 2.49. The molecule has 0 aliphatic carbocycles. The number of aromatic nitrogens is 1. The van der Waals surface area contributed by atoms with Gasteiger partial charge in [0.05, 0.1) is 5.69 Å². The predicted molar refractivity (Wildman–Crippen MR) is 50.6 cm³/mol. The Labute approximate surface area is 78.7 Å². The van der Waals surface area contributed by atoms with Crippen LogP contribution >= 0.6 is 0 Å². The minimum Gasteiger partial charge on any atom is -0.361 e. The van der Waals surface area contributed by atoms with Crippen LogP contribution in [0.25, 0.3) is 0 Å². The van der Waals surface area contributed by atoms with Gasteiger partial charge in [-0.2, -0.15) is 0 Å². The van der Waals surface area contributed by atoms with Crippen LogP contribution in [-0.2, 0) is 13.0 Å². The topological polar surface area (TPSA) is 29.3 Å². The van der Waals surface area contributed by atoms with Crippen LogP contribution in [-0.4, -0.2) is 23.6 Å². The molecule has 1 aromatic heterocycles. The lowest BCUT2D eigenvalue weighted by Crippen LogP contribution is -2.26. The molecular weight excluding hydrogens is 164 g/mol. The molecule has 0 bridgehead atoms. The second kappa shape index (κ2) is 3.14. The minimum atomic E-state index is 0.447. The third-order valence-electron chi connectivity index (χ3n) is 2.58. The van der Waals surface area contributed by atoms with Gasteiger partial charge in [-0.1, -0.05) is 19.0 Å². The van der Waals surface area contributed by atoms with Crippen molar-refractivity contribution in [1.29, 1.82) is 0 Å². The van der Waals surface area contributed by atoms with Crippen molar-refractivity contribution >= 4 is 0 Å². The van der Waals surface area contributed by atoms with Gasteiger partial charge in [-0.3, -0.25) is 0 Å². The lowest BCUT2D eigenvalue weighted by molar-refractivity contribution is 0.310. The molecule has 3 heteroatoms. The molecule has 13 heavy (non-hydrogen) atoms. The summed E-state index contributed by atoms with van der Waals surface area (Å²) in [7, 11) is 2.14. The first-order valence-corrected chi connectivity index (χ1v) is 4.84. The van der Waals surface area contributed by atoms with Crippen LogP contribution < -0.4 is 0 Å². The van der Waals surface area contributed by atoms with Crippen molar-refractivity contribution in [2.45, 2.75) is 32.7 Å². The van der Waals surface area contributed by atoms with Gasteiger partial charge in [-0.25, -0.2) is 0 Å². The molecule has 3 nitrogen and oxygen atoms in total. The van der Waals surface area contributed by atoms with Crippen LogP contribution in [0, 0.1) is 0 Å². The van der Waals surface area contributed by atoms with Gasteiger partial charge in [0.1, 0.15) is 5.76 Å². The second-order valence-electron chi connectivity index (χ2n) is 4.11. The largest absolute Gasteiger partial charge is 0.361 e. The third-order valence-corrected chi connectivity index (χ3v) is 2.58. The number of hydrogen-bond acceptors (Lipinski definition) is 3. The van der Waals surface area contributed by atoms with Crippen LogP contribution in [0.2, 0.25) is 0 Å². The first-order valence-electron chi connectivity index (χ1n) is 4.84. The summed E-state index contributed by atoms with van der Waals surface area (Å²) < 4.78 is 5.35. The van der Waals surface area contributed by atoms with E-state index in [1.54, 1.807) is 0 Å². The highest BCUT2D eigenvalue weighted by Gasteiger charge is 2.23. The smallest absolute Gasteiger partial charge is 0.144 e. The standard InChI is InChI=1S/C10H16N2O/c1-7(2)10-8-6-12(3)5-4-9(8)11-13-10/h7H,4-6H2,1-3H3. The zero-order chi connectivity index (χ0) is 9.42. The fourth-order valence-electron chi connectivity index (χ4n) is 1.82. The second-order valence-corrected chi connectivity index (χ2v) is 4.11. The maximum absolute atomic E-state index is 5.35. The Bertz CT molecular complexity index is 304. The molecule has 0 saturated carbocycles. The predicted octanol–water partition coefficient (Wildman–Crippen LogP) is 1.79. The van der Waals surface area contributed by atoms with E-state index in [9.17, 15) is 0 Å². The first-order chi connectivity index (χ1) is 6.18. The molecule has 1 aliphatic heterocycles. The summed E-state index contributed by atoms with van der Waals surface area (Å²) >= 11 is 0. The quantitative estimate of drug-likeness (QED) is 0.659. The van der Waals surface area contributed by atoms with E-state index in [-0.39, 0.29) is 0 Å². The average Bonchev–Trinajstić information content (AvgIpc) is 2.46. The number of rotatable bonds is 1. The maximum atomic E-state index is 5.35. The number of likely N-dealkylation sites (N-methyl/N-ethyl adjacent to an activating group) is 1. The Hall–Kier alpha value is -0.830. The average molecular weight is 180 g/mol. The van der Waals surface area contributed by atoms with Crippen molar-refractivity contribution in [2.24, 2.45) is 0 Å². The molecule has 2 heterocycles. The molecule has 0 fully saturated rings. The molecule has 1 aliphatic rings. The molecular formula is C10H16N2O. The van der Waals surface area contributed by atoms with E-state index < -0.39 is 0 Å². The van der Waals surface area contributed by atoms with Gasteiger partial charge >= 0.3 is 0 Å². The van der Waals surface area contributed by atoms with Crippen molar-refractivity contribution in [3.63, 3.8) is 0 Å². The van der Waals surface area contributed by atoms with E-state index in [0.29, 0.717) is 5.92 Å². The summed E-state index contributed by atoms with van der Waals surface area (Å²) in [5, 5.41) is 4.11. The molecule has 0 saturated heterocycles. The molecule has 0 atom stereocenters. The van der Waals surface area contributed by atoms with Crippen LogP contribution in [0.3, 0.4) is 0 Å². The molecule has 0 aromatic carbocycles. The van der Waals surface area contributed by atoms with Crippen molar-refractivity contribution in [3.8, 4) is 0 Å². The number of hydrogen-bond donors (Lipinski definition) is 0. The summed E-state index contributed by atoms with van der Waals surface area (Å²) in [4.78, 5) is 2.31. The van der Waals surface area contributed by atoms with E-state index in [1.165, 1.54) is 11.3 Å². The summed E-state index contributed by atoms with van der Waals surface area (Å²) in [6, 6.07) is 0. The summed E-state index contributed by atoms with van der Waals surface area (Å²) in [6.07, 6.45) is 1.03. The zero-order valence-corrected chi connectivity index (χ0v) is 8.50. The fourth-order valence-corrected chi connectivity index (χ4v) is 1.82. The highest BCUT2D eigenvalue weighted by atomic mass is 16.5. The molecule has 0 unspecified atom stereocenters. The molecule has 72 valence electrons. The van der Waals surface area contributed by atoms with E-state index in [4.69, 9.17) is 4.52 Å². The van der Waals surface area contributed by atoms with Gasteiger partial charge in [-0.05, 0) is 7.05 Å². The van der Waals surface area contributed by atoms with E-state index >= 15 is 0 Å². The van der Waals surface area contributed by atoms with Gasteiger partial charge in [-0.15, -0.1) is 0 Å². The summed E-state index contributed by atoms with van der Waals surface area (Å²) in [5.74, 6) is 1.52. The van der Waals surface area contributed by atoms with E-state index in [2.05, 4.69) is 31.0 Å². The monoisotopic (exact) mass is 180 g/mol. The SMILES string of the molecule is CC(C)c1onc2c1CN(C)CC2. The van der Waals surface area contributed by atoms with E-state index in [0.717, 1.165) is 25.3 Å². The Kier molecular flexibility index (Phi) is 2.12. The fraction of sp³-hybridized carbons (Fsp3) is 0.700. The normalized spacial score (nSPS) is 17.8. The maximum Gasteiger partial charge on any atom is 0.144 e. The van der Waals surface area contributed by atoms with E-state index in [1.807, 2.05) is 0 Å². The van der Waals surface area contributed by atoms with Gasteiger partial charge in [0.15, 0.2) is 0 Å². The minimum absolute atomic E-state index is 0.447. The Morgan fingerprint density at radius 3 is 2.92 bits per heavy atom. The molecule has 0 N–H and O–H groups in total. The molecule has 0 spiro atoms. The van der Waals surface area contributed by atoms with Gasteiger partial charge in [0, 0.05) is 31.0 Å². The highest BCUT2D eigenvalue weighted by Crippen LogP contribution is 2.26. The van der Waals surface area contributed by atoms with Gasteiger partial charge < -0.3 is 9.42 Å². The van der Waals surface area contributed by atoms with Crippen LogP contribution in [0.1, 0.15) is 36.8 Å².